The number of hydrogen-bond donors (Lipinski definition) is 0. The quantitative estimate of drug-likeness (QED) is 0.514. The first-order chi connectivity index (χ1) is 8.27. The highest BCUT2D eigenvalue weighted by Gasteiger charge is 2.53. The minimum atomic E-state index is -0.128. The zero-order chi connectivity index (χ0) is 13.6. The summed E-state index contributed by atoms with van der Waals surface area (Å²) in [7, 11) is 0. The topological polar surface area (TPSA) is 26.3 Å². The highest BCUT2D eigenvalue weighted by Crippen LogP contribution is 2.57. The lowest BCUT2D eigenvalue weighted by molar-refractivity contribution is -0.172. The van der Waals surface area contributed by atoms with Crippen molar-refractivity contribution in [2.75, 3.05) is 0 Å². The number of carbonyl (C=O) groups excluding carboxylic acids is 1. The van der Waals surface area contributed by atoms with Crippen LogP contribution in [0.15, 0.2) is 11.1 Å². The molecule has 1 atom stereocenters. The van der Waals surface area contributed by atoms with Gasteiger partial charge in [0.15, 0.2) is 0 Å². The van der Waals surface area contributed by atoms with E-state index in [0.29, 0.717) is 0 Å². The fourth-order valence-electron chi connectivity index (χ4n) is 4.22. The van der Waals surface area contributed by atoms with Crippen molar-refractivity contribution >= 4 is 5.97 Å². The summed E-state index contributed by atoms with van der Waals surface area (Å²) >= 11 is 0. The Morgan fingerprint density at radius 3 is 2.22 bits per heavy atom. The van der Waals surface area contributed by atoms with Crippen LogP contribution in [0.5, 0.6) is 0 Å². The molecule has 0 N–H and O–H groups in total. The summed E-state index contributed by atoms with van der Waals surface area (Å²) < 4.78 is 5.78. The van der Waals surface area contributed by atoms with Crippen molar-refractivity contribution in [2.24, 2.45) is 10.8 Å². The Hall–Kier alpha value is -0.790. The van der Waals surface area contributed by atoms with Gasteiger partial charge < -0.3 is 4.74 Å². The minimum Gasteiger partial charge on any atom is -0.461 e. The van der Waals surface area contributed by atoms with E-state index in [4.69, 9.17) is 4.74 Å². The van der Waals surface area contributed by atoms with Gasteiger partial charge in [0.2, 0.25) is 0 Å². The van der Waals surface area contributed by atoms with Crippen molar-refractivity contribution < 1.29 is 9.53 Å². The number of hydrogen-bond acceptors (Lipinski definition) is 2. The summed E-state index contributed by atoms with van der Waals surface area (Å²) in [6, 6.07) is 0. The van der Waals surface area contributed by atoms with Crippen LogP contribution in [0.1, 0.15) is 66.7 Å². The van der Waals surface area contributed by atoms with Gasteiger partial charge in [0.25, 0.3) is 0 Å². The first kappa shape index (κ1) is 13.6. The third-order valence-electron chi connectivity index (χ3n) is 5.01. The molecule has 1 spiro atoms. The van der Waals surface area contributed by atoms with Crippen molar-refractivity contribution in [3.63, 3.8) is 0 Å². The maximum Gasteiger partial charge on any atom is 0.302 e. The molecule has 102 valence electrons. The van der Waals surface area contributed by atoms with Gasteiger partial charge in [-0.05, 0) is 39.5 Å². The standard InChI is InChI=1S/C16H26O2/c1-11-9-16(10-12(11)2)8-6-7-15(4,5)14(16)18-13(3)17/h14H,6-10H2,1-5H3/t14-/m1/s1. The predicted molar refractivity (Wildman–Crippen MR) is 73.2 cm³/mol. The second kappa shape index (κ2) is 4.40. The van der Waals surface area contributed by atoms with Gasteiger partial charge in [-0.25, -0.2) is 0 Å². The predicted octanol–water partition coefficient (Wildman–Crippen LogP) is 4.24. The first-order valence-corrected chi connectivity index (χ1v) is 7.09. The SMILES string of the molecule is CC(=O)O[C@@H]1C(C)(C)CCCC12CC(C)=C(C)C2. The lowest BCUT2D eigenvalue weighted by Crippen LogP contribution is -2.49. The maximum absolute atomic E-state index is 11.5. The molecule has 0 bridgehead atoms. The first-order valence-electron chi connectivity index (χ1n) is 7.09. The van der Waals surface area contributed by atoms with Crippen LogP contribution in [0.4, 0.5) is 0 Å². The molecule has 2 nitrogen and oxygen atoms in total. The Kier molecular flexibility index (Phi) is 3.33. The second-order valence-electron chi connectivity index (χ2n) is 7.11. The lowest BCUT2D eigenvalue weighted by Gasteiger charge is -2.50. The van der Waals surface area contributed by atoms with E-state index in [9.17, 15) is 4.79 Å². The van der Waals surface area contributed by atoms with Crippen LogP contribution >= 0.6 is 0 Å². The summed E-state index contributed by atoms with van der Waals surface area (Å²) in [5.41, 5.74) is 3.30. The van der Waals surface area contributed by atoms with Gasteiger partial charge in [-0.3, -0.25) is 4.79 Å². The fraction of sp³-hybridized carbons (Fsp3) is 0.812. The molecule has 0 amide bonds. The number of carbonyl (C=O) groups is 1. The molecule has 2 aliphatic carbocycles. The molecule has 0 radical (unpaired) electrons. The van der Waals surface area contributed by atoms with Crippen LogP contribution in [0.3, 0.4) is 0 Å². The summed E-state index contributed by atoms with van der Waals surface area (Å²) in [4.78, 5) is 11.5. The summed E-state index contributed by atoms with van der Waals surface area (Å²) in [6.07, 6.45) is 5.91. The Labute approximate surface area is 111 Å². The van der Waals surface area contributed by atoms with Gasteiger partial charge in [0.05, 0.1) is 0 Å². The van der Waals surface area contributed by atoms with E-state index in [2.05, 4.69) is 27.7 Å². The molecule has 0 aromatic heterocycles. The Balaban J connectivity index is 2.30. The monoisotopic (exact) mass is 250 g/mol. The Morgan fingerprint density at radius 2 is 1.72 bits per heavy atom. The molecule has 1 fully saturated rings. The second-order valence-corrected chi connectivity index (χ2v) is 7.11. The van der Waals surface area contributed by atoms with E-state index in [1.165, 1.54) is 24.0 Å². The number of rotatable bonds is 1. The van der Waals surface area contributed by atoms with Crippen molar-refractivity contribution in [1.82, 2.24) is 0 Å². The van der Waals surface area contributed by atoms with Gasteiger partial charge >= 0.3 is 5.97 Å². The molecule has 2 heteroatoms. The number of allylic oxidation sites excluding steroid dienone is 2. The third kappa shape index (κ3) is 2.22. The molecule has 0 heterocycles. The molecule has 18 heavy (non-hydrogen) atoms. The maximum atomic E-state index is 11.5. The van der Waals surface area contributed by atoms with E-state index >= 15 is 0 Å². The van der Waals surface area contributed by atoms with Crippen LogP contribution in [-0.4, -0.2) is 12.1 Å². The third-order valence-corrected chi connectivity index (χ3v) is 5.01. The highest BCUT2D eigenvalue weighted by molar-refractivity contribution is 5.66. The molecule has 0 aliphatic heterocycles. The molecule has 1 saturated carbocycles. The van der Waals surface area contributed by atoms with E-state index in [1.54, 1.807) is 6.92 Å². The van der Waals surface area contributed by atoms with Crippen LogP contribution in [0.2, 0.25) is 0 Å². The van der Waals surface area contributed by atoms with Gasteiger partial charge in [0.1, 0.15) is 6.10 Å². The summed E-state index contributed by atoms with van der Waals surface area (Å²) in [5, 5.41) is 0. The summed E-state index contributed by atoms with van der Waals surface area (Å²) in [5.74, 6) is -0.128. The molecule has 0 unspecified atom stereocenters. The molecule has 2 rings (SSSR count). The zero-order valence-corrected chi connectivity index (χ0v) is 12.4. The molecule has 0 saturated heterocycles. The van der Waals surface area contributed by atoms with Crippen LogP contribution in [0.25, 0.3) is 0 Å². The largest absolute Gasteiger partial charge is 0.461 e. The number of esters is 1. The van der Waals surface area contributed by atoms with Crippen LogP contribution in [-0.2, 0) is 9.53 Å². The highest BCUT2D eigenvalue weighted by atomic mass is 16.5. The van der Waals surface area contributed by atoms with Gasteiger partial charge in [-0.2, -0.15) is 0 Å². The van der Waals surface area contributed by atoms with Crippen molar-refractivity contribution in [1.29, 1.82) is 0 Å². The van der Waals surface area contributed by atoms with Gasteiger partial charge in [-0.1, -0.05) is 31.4 Å². The summed E-state index contributed by atoms with van der Waals surface area (Å²) in [6.45, 7) is 10.5. The Morgan fingerprint density at radius 1 is 1.17 bits per heavy atom. The zero-order valence-electron chi connectivity index (χ0n) is 12.4. The minimum absolute atomic E-state index is 0.0728. The Bertz CT molecular complexity index is 376. The van der Waals surface area contributed by atoms with Crippen LogP contribution < -0.4 is 0 Å². The van der Waals surface area contributed by atoms with Gasteiger partial charge in [0, 0.05) is 17.8 Å². The molecule has 0 aromatic carbocycles. The number of ether oxygens (including phenoxy) is 1. The van der Waals surface area contributed by atoms with Crippen molar-refractivity contribution in [3.8, 4) is 0 Å². The van der Waals surface area contributed by atoms with Crippen LogP contribution in [0, 0.1) is 10.8 Å². The smallest absolute Gasteiger partial charge is 0.302 e. The average Bonchev–Trinajstić information content (AvgIpc) is 2.49. The van der Waals surface area contributed by atoms with E-state index in [0.717, 1.165) is 19.3 Å². The molecular formula is C16H26O2. The van der Waals surface area contributed by atoms with Crippen molar-refractivity contribution in [3.05, 3.63) is 11.1 Å². The average molecular weight is 250 g/mol. The molecular weight excluding hydrogens is 224 g/mol. The van der Waals surface area contributed by atoms with E-state index < -0.39 is 0 Å². The van der Waals surface area contributed by atoms with Gasteiger partial charge in [-0.15, -0.1) is 0 Å². The molecule has 0 aromatic rings. The van der Waals surface area contributed by atoms with E-state index in [-0.39, 0.29) is 22.9 Å². The fourth-order valence-corrected chi connectivity index (χ4v) is 4.22. The lowest BCUT2D eigenvalue weighted by atomic mass is 9.59. The normalized spacial score (nSPS) is 29.7. The van der Waals surface area contributed by atoms with E-state index in [1.807, 2.05) is 0 Å². The van der Waals surface area contributed by atoms with Crippen molar-refractivity contribution in [2.45, 2.75) is 72.8 Å². The molecule has 2 aliphatic rings.